The fraction of sp³-hybridized carbons (Fsp3) is 1.00. The van der Waals surface area contributed by atoms with Crippen molar-refractivity contribution in [1.82, 2.24) is 0 Å². The Labute approximate surface area is 187 Å². The van der Waals surface area contributed by atoms with Gasteiger partial charge in [0.15, 0.2) is 0 Å². The Balaban J connectivity index is 2.40. The van der Waals surface area contributed by atoms with Gasteiger partial charge in [0.2, 0.25) is 0 Å². The maximum atomic E-state index is 3.73. The van der Waals surface area contributed by atoms with E-state index in [-0.39, 0.29) is 0 Å². The Morgan fingerprint density at radius 1 is 0.500 bits per heavy atom. The molecule has 0 aliphatic heterocycles. The van der Waals surface area contributed by atoms with E-state index in [0.29, 0.717) is 0 Å². The Kier molecular flexibility index (Phi) is 19.6. The van der Waals surface area contributed by atoms with Crippen LogP contribution in [0.1, 0.15) is 155 Å². The number of unbranched alkanes of at least 4 members (excludes halogenated alkanes) is 1. The summed E-state index contributed by atoms with van der Waals surface area (Å²) >= 11 is 3.73. The maximum Gasteiger partial charge on any atom is 0.00339 e. The standard InChI is InChI=1S/C27H53Br/c1-2-3-19-26-20-17-15-13-11-9-7-5-4-6-8-10-12-14-16-18-21-27(23-22-26)24-25-28/h26-27H,2-25H2,1H3. The Morgan fingerprint density at radius 3 is 1.21 bits per heavy atom. The highest BCUT2D eigenvalue weighted by atomic mass is 79.9. The number of hydrogen-bond donors (Lipinski definition) is 0. The highest BCUT2D eigenvalue weighted by Gasteiger charge is 2.13. The molecule has 0 spiro atoms. The molecule has 0 heterocycles. The van der Waals surface area contributed by atoms with Crippen molar-refractivity contribution >= 4 is 15.9 Å². The lowest BCUT2D eigenvalue weighted by Crippen LogP contribution is -2.07. The lowest BCUT2D eigenvalue weighted by molar-refractivity contribution is 0.323. The van der Waals surface area contributed by atoms with Crippen molar-refractivity contribution in [3.8, 4) is 0 Å². The summed E-state index contributed by atoms with van der Waals surface area (Å²) in [4.78, 5) is 0. The molecule has 0 aromatic heterocycles. The van der Waals surface area contributed by atoms with Crippen LogP contribution >= 0.6 is 15.9 Å². The van der Waals surface area contributed by atoms with Crippen molar-refractivity contribution in [3.63, 3.8) is 0 Å². The second-order valence-electron chi connectivity index (χ2n) is 9.81. The Morgan fingerprint density at radius 2 is 0.857 bits per heavy atom. The first-order valence-electron chi connectivity index (χ1n) is 13.4. The minimum atomic E-state index is 0.984. The summed E-state index contributed by atoms with van der Waals surface area (Å²) in [6.45, 7) is 2.36. The van der Waals surface area contributed by atoms with E-state index >= 15 is 0 Å². The fourth-order valence-electron chi connectivity index (χ4n) is 5.15. The molecular weight excluding hydrogens is 404 g/mol. The molecule has 0 bridgehead atoms. The van der Waals surface area contributed by atoms with Crippen LogP contribution in [-0.2, 0) is 0 Å². The SMILES string of the molecule is CCCCC1CCCCCCCCCCCCCCCCCC(CCBr)CC1. The molecule has 1 aliphatic carbocycles. The molecular formula is C27H53Br. The van der Waals surface area contributed by atoms with Crippen LogP contribution in [0.25, 0.3) is 0 Å². The number of hydrogen-bond acceptors (Lipinski definition) is 0. The van der Waals surface area contributed by atoms with Crippen LogP contribution in [0.2, 0.25) is 0 Å². The van der Waals surface area contributed by atoms with Crippen LogP contribution in [-0.4, -0.2) is 5.33 Å². The number of alkyl halides is 1. The summed E-state index contributed by atoms with van der Waals surface area (Å²) in [6, 6.07) is 0. The van der Waals surface area contributed by atoms with Crippen molar-refractivity contribution in [3.05, 3.63) is 0 Å². The molecule has 168 valence electrons. The van der Waals surface area contributed by atoms with E-state index in [9.17, 15) is 0 Å². The monoisotopic (exact) mass is 456 g/mol. The van der Waals surface area contributed by atoms with Gasteiger partial charge in [-0.2, -0.15) is 0 Å². The van der Waals surface area contributed by atoms with Gasteiger partial charge >= 0.3 is 0 Å². The molecule has 0 amide bonds. The summed E-state index contributed by atoms with van der Waals surface area (Å²) in [5, 5.41) is 1.21. The van der Waals surface area contributed by atoms with E-state index in [0.717, 1.165) is 11.8 Å². The van der Waals surface area contributed by atoms with E-state index in [1.807, 2.05) is 0 Å². The van der Waals surface area contributed by atoms with Crippen molar-refractivity contribution in [2.45, 2.75) is 155 Å². The first-order valence-corrected chi connectivity index (χ1v) is 14.5. The van der Waals surface area contributed by atoms with Crippen molar-refractivity contribution in [2.75, 3.05) is 5.33 Å². The van der Waals surface area contributed by atoms with E-state index in [1.54, 1.807) is 0 Å². The van der Waals surface area contributed by atoms with Gasteiger partial charge in [-0.25, -0.2) is 0 Å². The third kappa shape index (κ3) is 16.3. The molecule has 2 atom stereocenters. The van der Waals surface area contributed by atoms with Crippen LogP contribution < -0.4 is 0 Å². The van der Waals surface area contributed by atoms with Gasteiger partial charge in [-0.1, -0.05) is 164 Å². The molecule has 1 saturated carbocycles. The van der Waals surface area contributed by atoms with E-state index in [4.69, 9.17) is 0 Å². The third-order valence-corrected chi connectivity index (χ3v) is 7.65. The fourth-order valence-corrected chi connectivity index (χ4v) is 5.80. The van der Waals surface area contributed by atoms with Gasteiger partial charge in [0.05, 0.1) is 0 Å². The van der Waals surface area contributed by atoms with Gasteiger partial charge in [0, 0.05) is 5.33 Å². The van der Waals surface area contributed by atoms with Gasteiger partial charge in [0.1, 0.15) is 0 Å². The summed E-state index contributed by atoms with van der Waals surface area (Å²) in [5.41, 5.74) is 0. The average Bonchev–Trinajstić information content (AvgIpc) is 2.70. The topological polar surface area (TPSA) is 0 Å². The first kappa shape index (κ1) is 26.5. The molecule has 0 aromatic rings. The zero-order valence-corrected chi connectivity index (χ0v) is 21.1. The van der Waals surface area contributed by atoms with Crippen molar-refractivity contribution in [2.24, 2.45) is 11.8 Å². The molecule has 1 heteroatoms. The highest BCUT2D eigenvalue weighted by Crippen LogP contribution is 2.28. The van der Waals surface area contributed by atoms with Gasteiger partial charge < -0.3 is 0 Å². The Bertz CT molecular complexity index is 301. The van der Waals surface area contributed by atoms with Crippen LogP contribution in [0.3, 0.4) is 0 Å². The minimum Gasteiger partial charge on any atom is -0.0928 e. The maximum absolute atomic E-state index is 3.73. The van der Waals surface area contributed by atoms with Gasteiger partial charge in [-0.05, 0) is 18.3 Å². The number of rotatable bonds is 5. The zero-order valence-electron chi connectivity index (χ0n) is 19.5. The van der Waals surface area contributed by atoms with Gasteiger partial charge in [-0.15, -0.1) is 0 Å². The normalized spacial score (nSPS) is 26.4. The van der Waals surface area contributed by atoms with Crippen LogP contribution in [0.15, 0.2) is 0 Å². The summed E-state index contributed by atoms with van der Waals surface area (Å²) in [6.07, 6.45) is 34.1. The van der Waals surface area contributed by atoms with Gasteiger partial charge in [0.25, 0.3) is 0 Å². The smallest absolute Gasteiger partial charge is 0.00339 e. The van der Waals surface area contributed by atoms with Gasteiger partial charge in [-0.3, -0.25) is 0 Å². The summed E-state index contributed by atoms with van der Waals surface area (Å²) in [7, 11) is 0. The zero-order chi connectivity index (χ0) is 20.1. The second-order valence-corrected chi connectivity index (χ2v) is 10.6. The molecule has 0 saturated heterocycles. The molecule has 1 rings (SSSR count). The van der Waals surface area contributed by atoms with Crippen LogP contribution in [0, 0.1) is 11.8 Å². The van der Waals surface area contributed by atoms with Crippen molar-refractivity contribution < 1.29 is 0 Å². The van der Waals surface area contributed by atoms with Crippen LogP contribution in [0.5, 0.6) is 0 Å². The van der Waals surface area contributed by atoms with E-state index < -0.39 is 0 Å². The quantitative estimate of drug-likeness (QED) is 0.360. The molecule has 1 fully saturated rings. The summed E-state index contributed by atoms with van der Waals surface area (Å²) in [5.74, 6) is 2.00. The number of halogens is 1. The molecule has 2 unspecified atom stereocenters. The van der Waals surface area contributed by atoms with E-state index in [1.165, 1.54) is 153 Å². The molecule has 28 heavy (non-hydrogen) atoms. The molecule has 1 aliphatic rings. The molecule has 0 radical (unpaired) electrons. The second kappa shape index (κ2) is 20.7. The molecule has 0 N–H and O–H groups in total. The van der Waals surface area contributed by atoms with Crippen LogP contribution in [0.4, 0.5) is 0 Å². The third-order valence-electron chi connectivity index (χ3n) is 7.19. The lowest BCUT2D eigenvalue weighted by Gasteiger charge is -2.21. The summed E-state index contributed by atoms with van der Waals surface area (Å²) < 4.78 is 0. The lowest BCUT2D eigenvalue weighted by atomic mass is 9.85. The van der Waals surface area contributed by atoms with E-state index in [2.05, 4.69) is 22.9 Å². The minimum absolute atomic E-state index is 0.984. The first-order chi connectivity index (χ1) is 13.9. The van der Waals surface area contributed by atoms with Crippen molar-refractivity contribution in [1.29, 1.82) is 0 Å². The highest BCUT2D eigenvalue weighted by molar-refractivity contribution is 9.09. The molecule has 0 aromatic carbocycles. The predicted octanol–water partition coefficient (Wildman–Crippen LogP) is 10.6. The Hall–Kier alpha value is 0.480. The average molecular weight is 458 g/mol. The molecule has 0 nitrogen and oxygen atoms in total. The largest absolute Gasteiger partial charge is 0.0928 e. The predicted molar refractivity (Wildman–Crippen MR) is 133 cm³/mol.